The van der Waals surface area contributed by atoms with Crippen LogP contribution in [0, 0.1) is 5.92 Å². The van der Waals surface area contributed by atoms with Gasteiger partial charge < -0.3 is 10.1 Å². The van der Waals surface area contributed by atoms with Crippen molar-refractivity contribution in [1.29, 1.82) is 0 Å². The van der Waals surface area contributed by atoms with Gasteiger partial charge in [0.05, 0.1) is 0 Å². The fourth-order valence-corrected chi connectivity index (χ4v) is 1.02. The van der Waals surface area contributed by atoms with Gasteiger partial charge in [-0.25, -0.2) is 4.98 Å². The number of hydrogen-bond donors (Lipinski definition) is 2. The molecule has 11 heavy (non-hydrogen) atoms. The molecule has 1 unspecified atom stereocenters. The first-order chi connectivity index (χ1) is 5.20. The Morgan fingerprint density at radius 3 is 2.82 bits per heavy atom. The van der Waals surface area contributed by atoms with Crippen LogP contribution in [0.1, 0.15) is 32.2 Å². The molecule has 3 nitrogen and oxygen atoms in total. The van der Waals surface area contributed by atoms with Crippen LogP contribution < -0.4 is 0 Å². The Balaban J connectivity index is 2.49. The van der Waals surface area contributed by atoms with Gasteiger partial charge in [0.25, 0.3) is 0 Å². The molecular weight excluding hydrogens is 140 g/mol. The SMILES string of the molecule is CC(C)CC(O)c1ncc[nH]1. The molecule has 62 valence electrons. The van der Waals surface area contributed by atoms with Crippen molar-refractivity contribution in [3.8, 4) is 0 Å². The minimum atomic E-state index is -0.440. The van der Waals surface area contributed by atoms with Gasteiger partial charge >= 0.3 is 0 Å². The second-order valence-electron chi connectivity index (χ2n) is 3.12. The molecule has 0 bridgehead atoms. The summed E-state index contributed by atoms with van der Waals surface area (Å²) in [6, 6.07) is 0. The Kier molecular flexibility index (Phi) is 2.65. The molecule has 1 heterocycles. The number of aliphatic hydroxyl groups excluding tert-OH is 1. The lowest BCUT2D eigenvalue weighted by atomic mass is 10.1. The zero-order valence-electron chi connectivity index (χ0n) is 6.91. The molecule has 0 aliphatic carbocycles. The number of nitrogens with zero attached hydrogens (tertiary/aromatic N) is 1. The Labute approximate surface area is 66.5 Å². The molecule has 0 amide bonds. The van der Waals surface area contributed by atoms with E-state index in [0.29, 0.717) is 11.7 Å². The van der Waals surface area contributed by atoms with Crippen LogP contribution in [0.4, 0.5) is 0 Å². The predicted octanol–water partition coefficient (Wildman–Crippen LogP) is 1.49. The maximum absolute atomic E-state index is 9.49. The lowest BCUT2D eigenvalue weighted by Crippen LogP contribution is -2.03. The number of aliphatic hydroxyl groups is 1. The van der Waals surface area contributed by atoms with E-state index in [0.717, 1.165) is 6.42 Å². The number of imidazole rings is 1. The molecule has 0 saturated carbocycles. The second kappa shape index (κ2) is 3.53. The molecule has 1 aromatic heterocycles. The van der Waals surface area contributed by atoms with E-state index < -0.39 is 6.10 Å². The van der Waals surface area contributed by atoms with E-state index in [1.165, 1.54) is 0 Å². The first kappa shape index (κ1) is 8.27. The molecule has 0 fully saturated rings. The fourth-order valence-electron chi connectivity index (χ4n) is 1.02. The van der Waals surface area contributed by atoms with Crippen LogP contribution in [-0.4, -0.2) is 15.1 Å². The third kappa shape index (κ3) is 2.35. The average Bonchev–Trinajstić information content (AvgIpc) is 2.35. The second-order valence-corrected chi connectivity index (χ2v) is 3.12. The minimum absolute atomic E-state index is 0.440. The third-order valence-electron chi connectivity index (χ3n) is 1.53. The molecule has 2 N–H and O–H groups in total. The summed E-state index contributed by atoms with van der Waals surface area (Å²) < 4.78 is 0. The minimum Gasteiger partial charge on any atom is -0.385 e. The Morgan fingerprint density at radius 2 is 2.36 bits per heavy atom. The molecule has 3 heteroatoms. The van der Waals surface area contributed by atoms with Crippen LogP contribution in [0.5, 0.6) is 0 Å². The summed E-state index contributed by atoms with van der Waals surface area (Å²) in [5.74, 6) is 1.16. The maximum atomic E-state index is 9.49. The molecule has 0 aliphatic rings. The summed E-state index contributed by atoms with van der Waals surface area (Å²) in [5, 5.41) is 9.49. The number of aromatic amines is 1. The molecule has 0 radical (unpaired) electrons. The van der Waals surface area contributed by atoms with Gasteiger partial charge in [0.15, 0.2) is 0 Å². The molecule has 0 aromatic carbocycles. The van der Waals surface area contributed by atoms with Gasteiger partial charge in [-0.05, 0) is 12.3 Å². The molecule has 1 atom stereocenters. The van der Waals surface area contributed by atoms with E-state index in [1.807, 2.05) is 0 Å². The Hall–Kier alpha value is -0.830. The third-order valence-corrected chi connectivity index (χ3v) is 1.53. The van der Waals surface area contributed by atoms with Gasteiger partial charge in [-0.15, -0.1) is 0 Å². The van der Waals surface area contributed by atoms with Crippen LogP contribution in [0.25, 0.3) is 0 Å². The van der Waals surface area contributed by atoms with Gasteiger partial charge in [-0.3, -0.25) is 0 Å². The summed E-state index contributed by atoms with van der Waals surface area (Å²) in [6.07, 6.45) is 3.69. The van der Waals surface area contributed by atoms with E-state index in [1.54, 1.807) is 12.4 Å². The van der Waals surface area contributed by atoms with Crippen molar-refractivity contribution in [1.82, 2.24) is 9.97 Å². The average molecular weight is 154 g/mol. The number of H-pyrrole nitrogens is 1. The van der Waals surface area contributed by atoms with Crippen molar-refractivity contribution in [3.63, 3.8) is 0 Å². The maximum Gasteiger partial charge on any atom is 0.135 e. The van der Waals surface area contributed by atoms with E-state index in [-0.39, 0.29) is 0 Å². The molecule has 1 rings (SSSR count). The lowest BCUT2D eigenvalue weighted by molar-refractivity contribution is 0.142. The predicted molar refractivity (Wildman–Crippen MR) is 43.0 cm³/mol. The number of rotatable bonds is 3. The van der Waals surface area contributed by atoms with Crippen LogP contribution in [-0.2, 0) is 0 Å². The molecule has 1 aromatic rings. The summed E-state index contributed by atoms with van der Waals surface area (Å²) in [6.45, 7) is 4.15. The van der Waals surface area contributed by atoms with E-state index >= 15 is 0 Å². The van der Waals surface area contributed by atoms with Crippen LogP contribution in [0.2, 0.25) is 0 Å². The smallest absolute Gasteiger partial charge is 0.135 e. The standard InChI is InChI=1S/C8H14N2O/c1-6(2)5-7(11)8-9-3-4-10-8/h3-4,6-7,11H,5H2,1-2H3,(H,9,10). The largest absolute Gasteiger partial charge is 0.385 e. The highest BCUT2D eigenvalue weighted by Gasteiger charge is 2.10. The summed E-state index contributed by atoms with van der Waals surface area (Å²) in [4.78, 5) is 6.84. The topological polar surface area (TPSA) is 48.9 Å². The zero-order valence-corrected chi connectivity index (χ0v) is 6.91. The van der Waals surface area contributed by atoms with Crippen molar-refractivity contribution < 1.29 is 5.11 Å². The first-order valence-electron chi connectivity index (χ1n) is 3.87. The van der Waals surface area contributed by atoms with E-state index in [2.05, 4.69) is 23.8 Å². The Morgan fingerprint density at radius 1 is 1.64 bits per heavy atom. The van der Waals surface area contributed by atoms with E-state index in [9.17, 15) is 5.11 Å². The highest BCUT2D eigenvalue weighted by atomic mass is 16.3. The van der Waals surface area contributed by atoms with E-state index in [4.69, 9.17) is 0 Å². The molecule has 0 saturated heterocycles. The monoisotopic (exact) mass is 154 g/mol. The van der Waals surface area contributed by atoms with Crippen molar-refractivity contribution >= 4 is 0 Å². The van der Waals surface area contributed by atoms with Crippen molar-refractivity contribution in [2.45, 2.75) is 26.4 Å². The normalized spacial score (nSPS) is 13.8. The van der Waals surface area contributed by atoms with Gasteiger partial charge in [-0.1, -0.05) is 13.8 Å². The van der Waals surface area contributed by atoms with Crippen LogP contribution >= 0.6 is 0 Å². The zero-order chi connectivity index (χ0) is 8.27. The summed E-state index contributed by atoms with van der Waals surface area (Å²) >= 11 is 0. The molecular formula is C8H14N2O. The number of nitrogens with one attached hydrogen (secondary N) is 1. The van der Waals surface area contributed by atoms with Crippen molar-refractivity contribution in [2.24, 2.45) is 5.92 Å². The first-order valence-corrected chi connectivity index (χ1v) is 3.87. The number of aromatic nitrogens is 2. The van der Waals surface area contributed by atoms with Crippen LogP contribution in [0.3, 0.4) is 0 Å². The van der Waals surface area contributed by atoms with Crippen molar-refractivity contribution in [2.75, 3.05) is 0 Å². The molecule has 0 spiro atoms. The Bertz CT molecular complexity index is 194. The number of hydrogen-bond acceptors (Lipinski definition) is 2. The highest BCUT2D eigenvalue weighted by Crippen LogP contribution is 2.16. The summed E-state index contributed by atoms with van der Waals surface area (Å²) in [7, 11) is 0. The van der Waals surface area contributed by atoms with Gasteiger partial charge in [0, 0.05) is 12.4 Å². The highest BCUT2D eigenvalue weighted by molar-refractivity contribution is 4.91. The van der Waals surface area contributed by atoms with Gasteiger partial charge in [-0.2, -0.15) is 0 Å². The van der Waals surface area contributed by atoms with Gasteiger partial charge in [0.1, 0.15) is 11.9 Å². The fraction of sp³-hybridized carbons (Fsp3) is 0.625. The van der Waals surface area contributed by atoms with Crippen LogP contribution in [0.15, 0.2) is 12.4 Å². The van der Waals surface area contributed by atoms with Gasteiger partial charge in [0.2, 0.25) is 0 Å². The summed E-state index contributed by atoms with van der Waals surface area (Å²) in [5.41, 5.74) is 0. The quantitative estimate of drug-likeness (QED) is 0.693. The molecule has 0 aliphatic heterocycles. The lowest BCUT2D eigenvalue weighted by Gasteiger charge is -2.09. The van der Waals surface area contributed by atoms with Crippen molar-refractivity contribution in [3.05, 3.63) is 18.2 Å².